The highest BCUT2D eigenvalue weighted by molar-refractivity contribution is 7.17. The van der Waals surface area contributed by atoms with Gasteiger partial charge in [0.2, 0.25) is 5.91 Å². The molecule has 1 N–H and O–H groups in total. The monoisotopic (exact) mass is 409 g/mol. The number of nitrogens with zero attached hydrogens (tertiary/aromatic N) is 2. The largest absolute Gasteiger partial charge is 0.355 e. The van der Waals surface area contributed by atoms with Crippen LogP contribution in [-0.4, -0.2) is 40.9 Å². The number of amides is 2. The van der Waals surface area contributed by atoms with Crippen molar-refractivity contribution in [3.05, 3.63) is 58.6 Å². The molecule has 152 valence electrons. The number of rotatable bonds is 5. The van der Waals surface area contributed by atoms with Crippen molar-refractivity contribution in [1.29, 1.82) is 0 Å². The number of hydrogen-bond donors (Lipinski definition) is 1. The molecular formula is C23H27N3O2S. The van der Waals surface area contributed by atoms with Crippen LogP contribution in [0, 0.1) is 12.8 Å². The smallest absolute Gasteiger partial charge is 0.270 e. The van der Waals surface area contributed by atoms with E-state index in [9.17, 15) is 9.59 Å². The molecule has 3 aromatic rings. The lowest BCUT2D eigenvalue weighted by atomic mass is 9.96. The fraction of sp³-hybridized carbons (Fsp3) is 0.391. The molecule has 2 aromatic heterocycles. The molecule has 6 heteroatoms. The van der Waals surface area contributed by atoms with Gasteiger partial charge in [0.1, 0.15) is 5.69 Å². The number of benzene rings is 1. The van der Waals surface area contributed by atoms with Crippen LogP contribution in [0.3, 0.4) is 0 Å². The number of likely N-dealkylation sites (tertiary alicyclic amines) is 1. The molecule has 29 heavy (non-hydrogen) atoms. The number of thiophene rings is 1. The molecular weight excluding hydrogens is 382 g/mol. The van der Waals surface area contributed by atoms with Crippen molar-refractivity contribution >= 4 is 33.4 Å². The Balaban J connectivity index is 1.34. The number of carbonyl (C=O) groups excluding carboxylic acids is 2. The average Bonchev–Trinajstić information content (AvgIpc) is 3.32. The summed E-state index contributed by atoms with van der Waals surface area (Å²) in [6, 6.07) is 12.4. The van der Waals surface area contributed by atoms with E-state index in [1.807, 2.05) is 34.0 Å². The molecule has 1 aliphatic heterocycles. The fourth-order valence-electron chi connectivity index (χ4n) is 4.02. The number of fused-ring (bicyclic) bond motifs is 1. The van der Waals surface area contributed by atoms with Crippen molar-refractivity contribution in [3.8, 4) is 0 Å². The zero-order valence-corrected chi connectivity index (χ0v) is 17.8. The zero-order chi connectivity index (χ0) is 20.4. The van der Waals surface area contributed by atoms with Crippen LogP contribution in [0.1, 0.15) is 34.5 Å². The van der Waals surface area contributed by atoms with Crippen LogP contribution in [-0.2, 0) is 18.3 Å². The number of hydrogen-bond acceptors (Lipinski definition) is 3. The minimum absolute atomic E-state index is 0.0213. The van der Waals surface area contributed by atoms with Gasteiger partial charge in [-0.2, -0.15) is 0 Å². The van der Waals surface area contributed by atoms with Crippen molar-refractivity contribution in [1.82, 2.24) is 14.8 Å². The average molecular weight is 410 g/mol. The van der Waals surface area contributed by atoms with Crippen LogP contribution in [0.15, 0.2) is 41.8 Å². The van der Waals surface area contributed by atoms with E-state index < -0.39 is 0 Å². The van der Waals surface area contributed by atoms with Gasteiger partial charge in [-0.3, -0.25) is 9.59 Å². The lowest BCUT2D eigenvalue weighted by Gasteiger charge is -2.32. The van der Waals surface area contributed by atoms with Crippen LogP contribution >= 0.6 is 11.3 Å². The van der Waals surface area contributed by atoms with E-state index in [1.165, 1.54) is 11.1 Å². The quantitative estimate of drug-likeness (QED) is 0.698. The first-order chi connectivity index (χ1) is 14.0. The van der Waals surface area contributed by atoms with Gasteiger partial charge in [0.15, 0.2) is 0 Å². The van der Waals surface area contributed by atoms with Gasteiger partial charge in [-0.05, 0) is 49.3 Å². The molecule has 0 unspecified atom stereocenters. The first-order valence-electron chi connectivity index (χ1n) is 10.2. The molecule has 1 aromatic carbocycles. The standard InChI is InChI=1S/C23H27N3O2S/c1-16-5-7-17(8-6-16)9-11-24-22(27)18-4-3-12-26(15-18)23(28)20-14-21-19(25(20)2)10-13-29-21/h5-8,10,13-14,18H,3-4,9,11-12,15H2,1-2H3,(H,24,27)/t18-/m0/s1. The molecule has 1 saturated heterocycles. The number of aryl methyl sites for hydroxylation is 2. The summed E-state index contributed by atoms with van der Waals surface area (Å²) in [4.78, 5) is 27.6. The summed E-state index contributed by atoms with van der Waals surface area (Å²) in [6.07, 6.45) is 2.52. The van der Waals surface area contributed by atoms with Crippen molar-refractivity contribution < 1.29 is 9.59 Å². The van der Waals surface area contributed by atoms with Crippen LogP contribution < -0.4 is 5.32 Å². The van der Waals surface area contributed by atoms with Gasteiger partial charge in [-0.1, -0.05) is 29.8 Å². The van der Waals surface area contributed by atoms with Crippen molar-refractivity contribution in [2.75, 3.05) is 19.6 Å². The van der Waals surface area contributed by atoms with Crippen LogP contribution in [0.2, 0.25) is 0 Å². The molecule has 1 atom stereocenters. The van der Waals surface area contributed by atoms with Crippen molar-refractivity contribution in [2.45, 2.75) is 26.2 Å². The molecule has 0 spiro atoms. The van der Waals surface area contributed by atoms with E-state index in [1.54, 1.807) is 11.3 Å². The van der Waals surface area contributed by atoms with Crippen molar-refractivity contribution in [3.63, 3.8) is 0 Å². The summed E-state index contributed by atoms with van der Waals surface area (Å²) in [5, 5.41) is 5.10. The number of piperidine rings is 1. The van der Waals surface area contributed by atoms with Gasteiger partial charge >= 0.3 is 0 Å². The summed E-state index contributed by atoms with van der Waals surface area (Å²) >= 11 is 1.64. The van der Waals surface area contributed by atoms with E-state index in [0.717, 1.165) is 29.5 Å². The SMILES string of the molecule is Cc1ccc(CCNC(=O)[C@H]2CCCN(C(=O)c3cc4sccc4n3C)C2)cc1. The molecule has 3 heterocycles. The molecule has 0 bridgehead atoms. The predicted molar refractivity (Wildman–Crippen MR) is 117 cm³/mol. The molecule has 1 fully saturated rings. The van der Waals surface area contributed by atoms with E-state index in [0.29, 0.717) is 25.3 Å². The third-order valence-electron chi connectivity index (χ3n) is 5.80. The Morgan fingerprint density at radius 1 is 1.21 bits per heavy atom. The Morgan fingerprint density at radius 2 is 2.00 bits per heavy atom. The third-order valence-corrected chi connectivity index (χ3v) is 6.65. The minimum Gasteiger partial charge on any atom is -0.355 e. The van der Waals surface area contributed by atoms with E-state index in [4.69, 9.17) is 0 Å². The zero-order valence-electron chi connectivity index (χ0n) is 17.0. The van der Waals surface area contributed by atoms with E-state index in [-0.39, 0.29) is 17.7 Å². The number of aromatic nitrogens is 1. The first-order valence-corrected chi connectivity index (χ1v) is 11.1. The third kappa shape index (κ3) is 4.22. The molecule has 4 rings (SSSR count). The van der Waals surface area contributed by atoms with Gasteiger partial charge in [0.05, 0.1) is 16.1 Å². The molecule has 0 radical (unpaired) electrons. The number of carbonyl (C=O) groups is 2. The van der Waals surface area contributed by atoms with Gasteiger partial charge < -0.3 is 14.8 Å². The second-order valence-electron chi connectivity index (χ2n) is 7.88. The molecule has 1 aliphatic rings. The van der Waals surface area contributed by atoms with Crippen LogP contribution in [0.25, 0.3) is 10.2 Å². The highest BCUT2D eigenvalue weighted by Crippen LogP contribution is 2.26. The Labute approximate surface area is 175 Å². The van der Waals surface area contributed by atoms with E-state index >= 15 is 0 Å². The van der Waals surface area contributed by atoms with Gasteiger partial charge in [-0.25, -0.2) is 0 Å². The van der Waals surface area contributed by atoms with Gasteiger partial charge in [0, 0.05) is 26.7 Å². The second-order valence-corrected chi connectivity index (χ2v) is 8.82. The van der Waals surface area contributed by atoms with Gasteiger partial charge in [0.25, 0.3) is 5.91 Å². The van der Waals surface area contributed by atoms with Crippen LogP contribution in [0.4, 0.5) is 0 Å². The van der Waals surface area contributed by atoms with Gasteiger partial charge in [-0.15, -0.1) is 11.3 Å². The summed E-state index contributed by atoms with van der Waals surface area (Å²) in [5.41, 5.74) is 4.25. The maximum absolute atomic E-state index is 13.1. The maximum atomic E-state index is 13.1. The van der Waals surface area contributed by atoms with E-state index in [2.05, 4.69) is 36.5 Å². The second kappa shape index (κ2) is 8.41. The lowest BCUT2D eigenvalue weighted by Crippen LogP contribution is -2.46. The Hall–Kier alpha value is -2.60. The molecule has 5 nitrogen and oxygen atoms in total. The highest BCUT2D eigenvalue weighted by atomic mass is 32.1. The van der Waals surface area contributed by atoms with Crippen LogP contribution in [0.5, 0.6) is 0 Å². The maximum Gasteiger partial charge on any atom is 0.270 e. The molecule has 0 saturated carbocycles. The van der Waals surface area contributed by atoms with Crippen molar-refractivity contribution in [2.24, 2.45) is 13.0 Å². The molecule has 2 amide bonds. The Bertz CT molecular complexity index is 1020. The summed E-state index contributed by atoms with van der Waals surface area (Å²) in [7, 11) is 1.93. The number of nitrogens with one attached hydrogen (secondary N) is 1. The Kier molecular flexibility index (Phi) is 5.72. The summed E-state index contributed by atoms with van der Waals surface area (Å²) in [5.74, 6) is -0.0531. The fourth-order valence-corrected chi connectivity index (χ4v) is 4.87. The lowest BCUT2D eigenvalue weighted by molar-refractivity contribution is -0.126. The minimum atomic E-state index is -0.132. The summed E-state index contributed by atoms with van der Waals surface area (Å²) < 4.78 is 3.08. The predicted octanol–water partition coefficient (Wildman–Crippen LogP) is 3.76. The highest BCUT2D eigenvalue weighted by Gasteiger charge is 2.30. The molecule has 0 aliphatic carbocycles. The Morgan fingerprint density at radius 3 is 2.76 bits per heavy atom. The normalized spacial score (nSPS) is 16.9. The topological polar surface area (TPSA) is 54.3 Å². The summed E-state index contributed by atoms with van der Waals surface area (Å²) in [6.45, 7) is 3.90. The first kappa shape index (κ1) is 19.7.